The molecule has 0 spiro atoms. The van der Waals surface area contributed by atoms with Crippen LogP contribution < -0.4 is 0 Å². The van der Waals surface area contributed by atoms with Crippen LogP contribution in [0.4, 0.5) is 0 Å². The second-order valence-corrected chi connectivity index (χ2v) is 27.3. The average molecular weight is 988 g/mol. The molecule has 3 aliphatic rings. The minimum absolute atomic E-state index is 0.0391. The molecule has 0 aliphatic heterocycles. The van der Waals surface area contributed by atoms with Crippen LogP contribution in [0.2, 0.25) is 0 Å². The molecule has 0 amide bonds. The van der Waals surface area contributed by atoms with Crippen LogP contribution >= 0.6 is 0 Å². The van der Waals surface area contributed by atoms with Gasteiger partial charge in [-0.1, -0.05) is 216 Å². The molecule has 4 aromatic carbocycles. The van der Waals surface area contributed by atoms with E-state index >= 15 is 0 Å². The lowest BCUT2D eigenvalue weighted by Crippen LogP contribution is -2.42. The summed E-state index contributed by atoms with van der Waals surface area (Å²) in [6.07, 6.45) is 19.0. The van der Waals surface area contributed by atoms with E-state index in [-0.39, 0.29) is 48.7 Å². The van der Waals surface area contributed by atoms with Gasteiger partial charge in [-0.15, -0.1) is 0 Å². The molecule has 3 nitrogen and oxygen atoms in total. The van der Waals surface area contributed by atoms with Crippen molar-refractivity contribution < 1.29 is 0 Å². The summed E-state index contributed by atoms with van der Waals surface area (Å²) in [7, 11) is 0. The normalized spacial score (nSPS) is 20.4. The van der Waals surface area contributed by atoms with Gasteiger partial charge in [-0.25, -0.2) is 0 Å². The van der Waals surface area contributed by atoms with Crippen molar-refractivity contribution >= 4 is 36.5 Å². The van der Waals surface area contributed by atoms with Crippen molar-refractivity contribution in [2.24, 2.45) is 16.2 Å². The Balaban J connectivity index is 0.921. The quantitative estimate of drug-likeness (QED) is 0.145. The van der Waals surface area contributed by atoms with Crippen molar-refractivity contribution in [2.45, 2.75) is 157 Å². The van der Waals surface area contributed by atoms with Crippen molar-refractivity contribution in [3.8, 4) is 33.6 Å². The topological polar surface area (TPSA) is 38.7 Å². The molecule has 0 N–H and O–H groups in total. The molecule has 0 radical (unpaired) electrons. The molecule has 75 heavy (non-hydrogen) atoms. The van der Waals surface area contributed by atoms with Gasteiger partial charge in [0.1, 0.15) is 0 Å². The Kier molecular flexibility index (Phi) is 12.0. The zero-order valence-corrected chi connectivity index (χ0v) is 48.4. The van der Waals surface area contributed by atoms with Crippen molar-refractivity contribution in [1.82, 2.24) is 15.0 Å². The lowest BCUT2D eigenvalue weighted by Gasteiger charge is -2.44. The summed E-state index contributed by atoms with van der Waals surface area (Å²) < 4.78 is 0. The van der Waals surface area contributed by atoms with Gasteiger partial charge in [-0.3, -0.25) is 15.0 Å². The van der Waals surface area contributed by atoms with Gasteiger partial charge in [0.15, 0.2) is 0 Å². The molecule has 10 rings (SSSR count). The SMILES string of the molecule is CC1(C)c2ccc(-c3ccc(/C=C\c4cc(C=Cc5ccc(-c6ccc7c(c6)C(C)(C)C(C)(C)C7(C)C)nc5)cc(/C=C\c5ccc(-c6ccc7c(c6)C(C)(C)C(C)(C)C7(C)C)nc5)c4)nc3)cc2C(C)(C)C1(C)C. The fourth-order valence-electron chi connectivity index (χ4n) is 13.3. The monoisotopic (exact) mass is 988 g/mol. The molecule has 3 aromatic heterocycles. The van der Waals surface area contributed by atoms with Crippen LogP contribution in [0.15, 0.2) is 128 Å². The number of rotatable bonds is 9. The number of hydrogen-bond donors (Lipinski definition) is 0. The number of fused-ring (bicyclic) bond motifs is 3. The number of pyridine rings is 3. The first kappa shape index (κ1) is 52.0. The van der Waals surface area contributed by atoms with Crippen LogP contribution in [-0.2, 0) is 32.5 Å². The maximum Gasteiger partial charge on any atom is 0.0702 e. The lowest BCUT2D eigenvalue weighted by atomic mass is 9.59. The predicted molar refractivity (Wildman–Crippen MR) is 322 cm³/mol. The number of hydrogen-bond acceptors (Lipinski definition) is 3. The predicted octanol–water partition coefficient (Wildman–Crippen LogP) is 19.2. The van der Waals surface area contributed by atoms with Crippen LogP contribution in [0, 0.1) is 16.2 Å². The highest BCUT2D eigenvalue weighted by Crippen LogP contribution is 2.64. The Morgan fingerprint density at radius 3 is 0.920 bits per heavy atom. The molecule has 7 aromatic rings. The van der Waals surface area contributed by atoms with Crippen molar-refractivity contribution in [1.29, 1.82) is 0 Å². The Morgan fingerprint density at radius 1 is 0.253 bits per heavy atom. The van der Waals surface area contributed by atoms with Gasteiger partial charge in [0.05, 0.1) is 17.1 Å². The van der Waals surface area contributed by atoms with Gasteiger partial charge >= 0.3 is 0 Å². The van der Waals surface area contributed by atoms with Crippen molar-refractivity contribution in [3.05, 3.63) is 195 Å². The first-order chi connectivity index (χ1) is 34.9. The Morgan fingerprint density at radius 2 is 0.573 bits per heavy atom. The molecule has 3 heteroatoms. The van der Waals surface area contributed by atoms with E-state index in [0.717, 1.165) is 61.6 Å². The second kappa shape index (κ2) is 17.3. The van der Waals surface area contributed by atoms with Crippen molar-refractivity contribution in [2.75, 3.05) is 0 Å². The van der Waals surface area contributed by atoms with E-state index in [2.05, 4.69) is 270 Å². The third-order valence-electron chi connectivity index (χ3n) is 22.1. The minimum atomic E-state index is 0.0391. The molecule has 0 atom stereocenters. The Hall–Kier alpha value is -6.45. The fourth-order valence-corrected chi connectivity index (χ4v) is 13.3. The largest absolute Gasteiger partial charge is 0.256 e. The van der Waals surface area contributed by atoms with E-state index in [1.165, 1.54) is 38.9 Å². The molecular formula is C72H81N3. The zero-order chi connectivity index (χ0) is 54.1. The summed E-state index contributed by atoms with van der Waals surface area (Å²) in [5.74, 6) is 0. The second-order valence-electron chi connectivity index (χ2n) is 27.3. The molecule has 0 fully saturated rings. The zero-order valence-electron chi connectivity index (χ0n) is 48.4. The smallest absolute Gasteiger partial charge is 0.0702 e. The summed E-state index contributed by atoms with van der Waals surface area (Å²) in [5.41, 5.74) is 22.3. The number of nitrogens with zero attached hydrogens (tertiary/aromatic N) is 3. The maximum absolute atomic E-state index is 5.00. The van der Waals surface area contributed by atoms with Crippen LogP contribution in [0.25, 0.3) is 70.1 Å². The van der Waals surface area contributed by atoms with Crippen LogP contribution in [0.3, 0.4) is 0 Å². The molecular weight excluding hydrogens is 907 g/mol. The van der Waals surface area contributed by atoms with Crippen LogP contribution in [0.5, 0.6) is 0 Å². The average Bonchev–Trinajstić information content (AvgIpc) is 3.62. The molecule has 0 saturated carbocycles. The van der Waals surface area contributed by atoms with Crippen LogP contribution in [0.1, 0.15) is 192 Å². The van der Waals surface area contributed by atoms with Crippen molar-refractivity contribution in [3.63, 3.8) is 0 Å². The van der Waals surface area contributed by atoms with E-state index in [9.17, 15) is 0 Å². The van der Waals surface area contributed by atoms with E-state index in [1.807, 2.05) is 18.6 Å². The fraction of sp³-hybridized carbons (Fsp3) is 0.375. The molecule has 0 saturated heterocycles. The molecule has 384 valence electrons. The van der Waals surface area contributed by atoms with Gasteiger partial charge in [0.2, 0.25) is 0 Å². The lowest BCUT2D eigenvalue weighted by molar-refractivity contribution is 0.125. The number of benzene rings is 4. The number of aromatic nitrogens is 3. The van der Waals surface area contributed by atoms with E-state index in [1.54, 1.807) is 0 Å². The molecule has 0 unspecified atom stereocenters. The summed E-state index contributed by atoms with van der Waals surface area (Å²) >= 11 is 0. The van der Waals surface area contributed by atoms with Gasteiger partial charge in [0, 0.05) is 35.3 Å². The first-order valence-corrected chi connectivity index (χ1v) is 27.5. The molecule has 3 heterocycles. The van der Waals surface area contributed by atoms with Gasteiger partial charge in [-0.2, -0.15) is 0 Å². The Bertz CT molecular complexity index is 3090. The van der Waals surface area contributed by atoms with Crippen LogP contribution in [-0.4, -0.2) is 15.0 Å². The Labute approximate surface area is 450 Å². The highest BCUT2D eigenvalue weighted by Gasteiger charge is 2.59. The first-order valence-electron chi connectivity index (χ1n) is 27.5. The van der Waals surface area contributed by atoms with Gasteiger partial charge in [0.25, 0.3) is 0 Å². The van der Waals surface area contributed by atoms with E-state index < -0.39 is 0 Å². The summed E-state index contributed by atoms with van der Waals surface area (Å²) in [6.45, 7) is 43.2. The standard InChI is InChI=1S/C72H81N3/c1-64(2)56-32-27-51(40-59(56)67(7,8)70(64,13)14)54-26-31-55(73-45-54)30-23-50-38-48(21-19-46-24-35-62(74-43-46)52-28-33-57-60(41-52)68(9,10)71(15,16)65(57,3)4)37-49(39-50)22-20-47-25-36-63(75-44-47)53-29-34-58-61(42-53)69(11,12)72(17,18)66(58,5)6/h19-45H,1-18H3/b21-19-,22-20?,30-23-. The molecule has 3 aliphatic carbocycles. The maximum atomic E-state index is 5.00. The van der Waals surface area contributed by atoms with E-state index in [0.29, 0.717) is 0 Å². The highest BCUT2D eigenvalue weighted by molar-refractivity contribution is 5.80. The summed E-state index contributed by atoms with van der Waals surface area (Å²) in [5, 5.41) is 0. The molecule has 0 bridgehead atoms. The van der Waals surface area contributed by atoms with E-state index in [4.69, 9.17) is 15.0 Å². The third kappa shape index (κ3) is 7.91. The summed E-state index contributed by atoms with van der Waals surface area (Å²) in [4.78, 5) is 15.0. The third-order valence-corrected chi connectivity index (χ3v) is 22.1. The minimum Gasteiger partial charge on any atom is -0.256 e. The summed E-state index contributed by atoms with van der Waals surface area (Å²) in [6, 6.07) is 40.7. The van der Waals surface area contributed by atoms with Gasteiger partial charge < -0.3 is 0 Å². The van der Waals surface area contributed by atoms with Gasteiger partial charge in [-0.05, 0) is 170 Å². The highest BCUT2D eigenvalue weighted by atomic mass is 14.7.